The van der Waals surface area contributed by atoms with Crippen molar-refractivity contribution in [3.05, 3.63) is 45.4 Å². The van der Waals surface area contributed by atoms with Crippen LogP contribution in [0.4, 0.5) is 0 Å². The molecule has 160 valence electrons. The molecule has 6 heteroatoms. The van der Waals surface area contributed by atoms with Gasteiger partial charge < -0.3 is 14.0 Å². The molecule has 0 aromatic carbocycles. The van der Waals surface area contributed by atoms with Crippen LogP contribution in [0.3, 0.4) is 0 Å². The Labute approximate surface area is 177 Å². The van der Waals surface area contributed by atoms with E-state index in [-0.39, 0.29) is 29.1 Å². The normalized spacial score (nSPS) is 17.8. The van der Waals surface area contributed by atoms with E-state index < -0.39 is 5.97 Å². The molecule has 3 heterocycles. The third-order valence-corrected chi connectivity index (χ3v) is 5.98. The molecule has 1 saturated carbocycles. The average Bonchev–Trinajstić information content (AvgIpc) is 3.49. The molecule has 1 aliphatic heterocycles. The number of carbonyl (C=O) groups is 1. The fraction of sp³-hybridized carbons (Fsp3) is 0.542. The van der Waals surface area contributed by atoms with Crippen LogP contribution >= 0.6 is 0 Å². The second-order valence-electron chi connectivity index (χ2n) is 9.48. The fourth-order valence-electron chi connectivity index (χ4n) is 4.03. The maximum Gasteiger partial charge on any atom is 0.343 e. The lowest BCUT2D eigenvalue weighted by Gasteiger charge is -2.38. The highest BCUT2D eigenvalue weighted by Crippen LogP contribution is 2.43. The van der Waals surface area contributed by atoms with Crippen molar-refractivity contribution in [1.29, 1.82) is 0 Å². The van der Waals surface area contributed by atoms with Gasteiger partial charge in [-0.3, -0.25) is 4.79 Å². The summed E-state index contributed by atoms with van der Waals surface area (Å²) in [4.78, 5) is 29.9. The second-order valence-corrected chi connectivity index (χ2v) is 9.48. The van der Waals surface area contributed by atoms with Gasteiger partial charge in [0, 0.05) is 18.3 Å². The summed E-state index contributed by atoms with van der Waals surface area (Å²) in [6.45, 7) is 11.1. The molecule has 30 heavy (non-hydrogen) atoms. The summed E-state index contributed by atoms with van der Waals surface area (Å²) in [5, 5.41) is 0. The predicted molar refractivity (Wildman–Crippen MR) is 115 cm³/mol. The number of aromatic nitrogens is 2. The van der Waals surface area contributed by atoms with E-state index in [1.165, 1.54) is 18.9 Å². The highest BCUT2D eigenvalue weighted by Gasteiger charge is 2.35. The first-order chi connectivity index (χ1) is 14.2. The number of aryl methyl sites for hydroxylation is 1. The molecule has 1 fully saturated rings. The molecule has 0 bridgehead atoms. The minimum Gasteiger partial charge on any atom is -0.491 e. The number of hydrogen-bond acceptors (Lipinski definition) is 5. The van der Waals surface area contributed by atoms with Crippen LogP contribution in [-0.4, -0.2) is 28.7 Å². The molecule has 2 aromatic heterocycles. The summed E-state index contributed by atoms with van der Waals surface area (Å²) in [7, 11) is 0. The number of nitrogens with zero attached hydrogens (tertiary/aromatic N) is 2. The summed E-state index contributed by atoms with van der Waals surface area (Å²) in [5.74, 6) is 0.917. The van der Waals surface area contributed by atoms with Crippen molar-refractivity contribution in [2.45, 2.75) is 59.9 Å². The van der Waals surface area contributed by atoms with E-state index in [0.717, 1.165) is 41.4 Å². The van der Waals surface area contributed by atoms with Crippen molar-refractivity contribution >= 4 is 5.97 Å². The Bertz CT molecular complexity index is 1040. The van der Waals surface area contributed by atoms with Crippen molar-refractivity contribution in [2.24, 2.45) is 11.3 Å². The quantitative estimate of drug-likeness (QED) is 0.686. The Morgan fingerprint density at radius 2 is 2.00 bits per heavy atom. The lowest BCUT2D eigenvalue weighted by molar-refractivity contribution is 0.0523. The van der Waals surface area contributed by atoms with Crippen molar-refractivity contribution in [1.82, 2.24) is 9.55 Å². The summed E-state index contributed by atoms with van der Waals surface area (Å²) >= 11 is 0. The zero-order valence-corrected chi connectivity index (χ0v) is 18.4. The van der Waals surface area contributed by atoms with Gasteiger partial charge in [-0.15, -0.1) is 0 Å². The molecule has 2 aromatic rings. The first-order valence-corrected chi connectivity index (χ1v) is 10.8. The smallest absolute Gasteiger partial charge is 0.343 e. The fourth-order valence-corrected chi connectivity index (χ4v) is 4.03. The highest BCUT2D eigenvalue weighted by molar-refractivity contribution is 5.89. The van der Waals surface area contributed by atoms with E-state index >= 15 is 0 Å². The van der Waals surface area contributed by atoms with Gasteiger partial charge in [0.2, 0.25) is 0 Å². The average molecular weight is 411 g/mol. The number of carbonyl (C=O) groups excluding carboxylic acids is 1. The van der Waals surface area contributed by atoms with E-state index in [1.807, 2.05) is 11.5 Å². The lowest BCUT2D eigenvalue weighted by Crippen LogP contribution is -2.33. The molecule has 0 saturated heterocycles. The number of esters is 1. The van der Waals surface area contributed by atoms with Gasteiger partial charge in [-0.1, -0.05) is 20.8 Å². The Morgan fingerprint density at radius 3 is 2.63 bits per heavy atom. The number of ether oxygens (including phenoxy) is 2. The third kappa shape index (κ3) is 3.87. The van der Waals surface area contributed by atoms with Gasteiger partial charge in [0.05, 0.1) is 30.3 Å². The van der Waals surface area contributed by atoms with E-state index in [9.17, 15) is 9.59 Å². The molecular formula is C24H30N2O4. The minimum atomic E-state index is -0.579. The van der Waals surface area contributed by atoms with Gasteiger partial charge in [0.1, 0.15) is 11.3 Å². The van der Waals surface area contributed by atoms with Crippen LogP contribution in [0.15, 0.2) is 23.1 Å². The van der Waals surface area contributed by atoms with E-state index in [0.29, 0.717) is 5.92 Å². The Balaban J connectivity index is 1.83. The molecule has 4 rings (SSSR count). The Hall–Kier alpha value is -2.63. The van der Waals surface area contributed by atoms with Crippen LogP contribution in [0, 0.1) is 18.3 Å². The Kier molecular flexibility index (Phi) is 5.20. The number of pyridine rings is 2. The minimum absolute atomic E-state index is 0.0644. The Morgan fingerprint density at radius 1 is 1.27 bits per heavy atom. The number of rotatable bonds is 5. The second kappa shape index (κ2) is 7.56. The van der Waals surface area contributed by atoms with Gasteiger partial charge in [0.15, 0.2) is 5.43 Å². The van der Waals surface area contributed by atoms with Crippen LogP contribution in [-0.2, 0) is 11.2 Å². The zero-order chi connectivity index (χ0) is 21.6. The molecule has 0 spiro atoms. The largest absolute Gasteiger partial charge is 0.491 e. The van der Waals surface area contributed by atoms with Crippen LogP contribution in [0.1, 0.15) is 68.2 Å². The lowest BCUT2D eigenvalue weighted by atomic mass is 9.79. The van der Waals surface area contributed by atoms with Crippen molar-refractivity contribution < 1.29 is 14.3 Å². The van der Waals surface area contributed by atoms with Gasteiger partial charge >= 0.3 is 5.97 Å². The molecule has 0 unspecified atom stereocenters. The maximum atomic E-state index is 12.7. The van der Waals surface area contributed by atoms with Crippen molar-refractivity contribution in [2.75, 3.05) is 13.2 Å². The predicted octanol–water partition coefficient (Wildman–Crippen LogP) is 4.33. The zero-order valence-electron chi connectivity index (χ0n) is 18.4. The van der Waals surface area contributed by atoms with Crippen LogP contribution in [0.5, 0.6) is 5.75 Å². The first kappa shape index (κ1) is 20.6. The van der Waals surface area contributed by atoms with E-state index in [2.05, 4.69) is 26.8 Å². The van der Waals surface area contributed by atoms with Gasteiger partial charge in [-0.25, -0.2) is 9.78 Å². The standard InChI is InChI=1S/C24H30N2O4/c1-6-29-23(28)17-12-26-18(11-19(17)27)22-16(10-21(26)24(3,4)5)9-20(14(2)25-22)30-13-15-7-8-15/h9,11-12,15,21H,6-8,10,13H2,1-5H3/t21-/m0/s1. The SMILES string of the molecule is CCOC(=O)c1cn2c(cc1=O)-c1nc(C)c(OCC3CC3)cc1C[C@H]2C(C)(C)C. The molecule has 1 atom stereocenters. The molecule has 6 nitrogen and oxygen atoms in total. The monoisotopic (exact) mass is 410 g/mol. The molecular weight excluding hydrogens is 380 g/mol. The summed E-state index contributed by atoms with van der Waals surface area (Å²) in [6, 6.07) is 3.68. The summed E-state index contributed by atoms with van der Waals surface area (Å²) in [5.41, 5.74) is 3.07. The van der Waals surface area contributed by atoms with Crippen molar-refractivity contribution in [3.63, 3.8) is 0 Å². The molecule has 1 aliphatic carbocycles. The van der Waals surface area contributed by atoms with Crippen LogP contribution in [0.2, 0.25) is 0 Å². The molecule has 0 N–H and O–H groups in total. The van der Waals surface area contributed by atoms with Crippen LogP contribution < -0.4 is 10.2 Å². The maximum absolute atomic E-state index is 12.7. The van der Waals surface area contributed by atoms with E-state index in [1.54, 1.807) is 13.1 Å². The summed E-state index contributed by atoms with van der Waals surface area (Å²) in [6.07, 6.45) is 4.89. The molecule has 0 radical (unpaired) electrons. The van der Waals surface area contributed by atoms with Crippen molar-refractivity contribution in [3.8, 4) is 17.1 Å². The van der Waals surface area contributed by atoms with Crippen LogP contribution in [0.25, 0.3) is 11.4 Å². The highest BCUT2D eigenvalue weighted by atomic mass is 16.5. The molecule has 0 amide bonds. The topological polar surface area (TPSA) is 70.4 Å². The van der Waals surface area contributed by atoms with Gasteiger partial charge in [-0.2, -0.15) is 0 Å². The van der Waals surface area contributed by atoms with Gasteiger partial charge in [0.25, 0.3) is 0 Å². The number of hydrogen-bond donors (Lipinski definition) is 0. The van der Waals surface area contributed by atoms with E-state index in [4.69, 9.17) is 14.5 Å². The first-order valence-electron chi connectivity index (χ1n) is 10.8. The number of fused-ring (bicyclic) bond motifs is 3. The molecule has 2 aliphatic rings. The third-order valence-electron chi connectivity index (χ3n) is 5.98. The van der Waals surface area contributed by atoms with Gasteiger partial charge in [-0.05, 0) is 56.1 Å². The summed E-state index contributed by atoms with van der Waals surface area (Å²) < 4.78 is 13.2.